The van der Waals surface area contributed by atoms with E-state index in [-0.39, 0.29) is 30.0 Å². The summed E-state index contributed by atoms with van der Waals surface area (Å²) in [5, 5.41) is 5.59. The number of ether oxygens (including phenoxy) is 2. The Morgan fingerprint density at radius 3 is 2.60 bits per heavy atom. The maximum absolute atomic E-state index is 13.6. The summed E-state index contributed by atoms with van der Waals surface area (Å²) < 4.78 is 14.7. The Morgan fingerprint density at radius 1 is 1.05 bits per heavy atom. The van der Waals surface area contributed by atoms with Crippen LogP contribution in [0.5, 0.6) is 0 Å². The van der Waals surface area contributed by atoms with Gasteiger partial charge in [0.05, 0.1) is 58.2 Å². The first-order valence-electron chi connectivity index (χ1n) is 19.8. The van der Waals surface area contributed by atoms with Gasteiger partial charge in [0.15, 0.2) is 0 Å². The van der Waals surface area contributed by atoms with Crippen molar-refractivity contribution in [2.45, 2.75) is 91.5 Å². The number of aromatic nitrogens is 3. The van der Waals surface area contributed by atoms with E-state index in [4.69, 9.17) is 25.2 Å². The van der Waals surface area contributed by atoms with E-state index >= 15 is 0 Å². The van der Waals surface area contributed by atoms with Crippen LogP contribution >= 0.6 is 11.3 Å². The molecule has 1 amide bonds. The summed E-state index contributed by atoms with van der Waals surface area (Å²) in [4.78, 5) is 42.2. The molecular formula is C42H56N8O4S. The van der Waals surface area contributed by atoms with Gasteiger partial charge in [-0.25, -0.2) is 10.4 Å². The van der Waals surface area contributed by atoms with Crippen molar-refractivity contribution in [2.24, 2.45) is 16.6 Å². The molecule has 3 atom stereocenters. The molecule has 6 bridgehead atoms. The maximum atomic E-state index is 13.6. The quantitative estimate of drug-likeness (QED) is 0.262. The van der Waals surface area contributed by atoms with E-state index < -0.39 is 17.5 Å². The molecule has 7 heterocycles. The van der Waals surface area contributed by atoms with Crippen molar-refractivity contribution < 1.29 is 19.1 Å². The SMILES string of the molecule is CO[C@@H](C)c1ncc(N2CCN(C)CC2)cc1-c1c2c3cc(cc4c3n1CC(C)(C)C4)-c1csc(n1)C[C@H](N)C(=O)N1CCC[C@H](N1)C(=O)OCC(C)(C)C2. The lowest BCUT2D eigenvalue weighted by molar-refractivity contribution is -0.154. The van der Waals surface area contributed by atoms with Gasteiger partial charge in [-0.15, -0.1) is 11.3 Å². The van der Waals surface area contributed by atoms with Gasteiger partial charge in [0.25, 0.3) is 5.91 Å². The summed E-state index contributed by atoms with van der Waals surface area (Å²) >= 11 is 1.54. The summed E-state index contributed by atoms with van der Waals surface area (Å²) in [6, 6.07) is 5.56. The highest BCUT2D eigenvalue weighted by molar-refractivity contribution is 7.10. The van der Waals surface area contributed by atoms with E-state index in [2.05, 4.69) is 85.0 Å². The maximum Gasteiger partial charge on any atom is 0.324 e. The minimum atomic E-state index is -0.786. The van der Waals surface area contributed by atoms with E-state index in [1.54, 1.807) is 7.11 Å². The second-order valence-electron chi connectivity index (χ2n) is 17.8. The molecule has 12 nitrogen and oxygen atoms in total. The number of cyclic esters (lactones) is 1. The highest BCUT2D eigenvalue weighted by atomic mass is 32.1. The van der Waals surface area contributed by atoms with Crippen molar-refractivity contribution in [3.63, 3.8) is 0 Å². The molecule has 8 rings (SSSR count). The molecule has 4 aromatic rings. The average Bonchev–Trinajstić information content (AvgIpc) is 3.74. The van der Waals surface area contributed by atoms with E-state index in [9.17, 15) is 9.59 Å². The molecule has 4 aliphatic heterocycles. The van der Waals surface area contributed by atoms with Crippen LogP contribution in [-0.2, 0) is 44.9 Å². The van der Waals surface area contributed by atoms with Crippen LogP contribution in [0.1, 0.15) is 75.4 Å². The number of piperazine rings is 1. The number of nitrogens with zero attached hydrogens (tertiary/aromatic N) is 6. The Balaban J connectivity index is 1.35. The first-order chi connectivity index (χ1) is 26.2. The van der Waals surface area contributed by atoms with Gasteiger partial charge in [0, 0.05) is 80.1 Å². The number of hydrogen-bond donors (Lipinski definition) is 2. The Kier molecular flexibility index (Phi) is 10.1. The lowest BCUT2D eigenvalue weighted by Gasteiger charge is -2.35. The second-order valence-corrected chi connectivity index (χ2v) is 18.7. The van der Waals surface area contributed by atoms with Crippen LogP contribution in [0, 0.1) is 10.8 Å². The number of thiazole rings is 1. The molecule has 13 heteroatoms. The predicted octanol–water partition coefficient (Wildman–Crippen LogP) is 5.36. The number of anilines is 1. The first kappa shape index (κ1) is 38.0. The summed E-state index contributed by atoms with van der Waals surface area (Å²) in [6.45, 7) is 16.5. The van der Waals surface area contributed by atoms with E-state index in [1.165, 1.54) is 38.4 Å². The predicted molar refractivity (Wildman–Crippen MR) is 217 cm³/mol. The van der Waals surface area contributed by atoms with Gasteiger partial charge in [-0.2, -0.15) is 0 Å². The third-order valence-electron chi connectivity index (χ3n) is 11.9. The van der Waals surface area contributed by atoms with Crippen LogP contribution in [0.2, 0.25) is 0 Å². The van der Waals surface area contributed by atoms with E-state index in [0.717, 1.165) is 78.0 Å². The minimum absolute atomic E-state index is 0.0278. The largest absolute Gasteiger partial charge is 0.464 e. The molecule has 2 fully saturated rings. The highest BCUT2D eigenvalue weighted by Gasteiger charge is 2.37. The normalized spacial score (nSPS) is 23.8. The third-order valence-corrected chi connectivity index (χ3v) is 12.8. The van der Waals surface area contributed by atoms with Crippen LogP contribution in [0.4, 0.5) is 5.69 Å². The number of likely N-dealkylation sites (N-methyl/N-ethyl adjacent to an activating group) is 1. The van der Waals surface area contributed by atoms with Crippen LogP contribution in [0.3, 0.4) is 0 Å². The van der Waals surface area contributed by atoms with Crippen molar-refractivity contribution in [1.29, 1.82) is 0 Å². The van der Waals surface area contributed by atoms with Gasteiger partial charge in [-0.1, -0.05) is 27.7 Å². The zero-order valence-electron chi connectivity index (χ0n) is 33.4. The van der Waals surface area contributed by atoms with Crippen molar-refractivity contribution in [1.82, 2.24) is 29.9 Å². The summed E-state index contributed by atoms with van der Waals surface area (Å²) in [5.74, 6) is -0.590. The van der Waals surface area contributed by atoms with Gasteiger partial charge in [0.2, 0.25) is 0 Å². The highest BCUT2D eigenvalue weighted by Crippen LogP contribution is 2.48. The fraction of sp³-hybridized carbons (Fsp3) is 0.571. The van der Waals surface area contributed by atoms with Gasteiger partial charge in [-0.3, -0.25) is 19.6 Å². The molecule has 2 saturated heterocycles. The zero-order chi connectivity index (χ0) is 38.8. The smallest absolute Gasteiger partial charge is 0.324 e. The molecule has 0 radical (unpaired) electrons. The number of fused-ring (bicyclic) bond motifs is 6. The van der Waals surface area contributed by atoms with E-state index in [0.29, 0.717) is 32.2 Å². The number of nitrogens with two attached hydrogens (primary N) is 1. The lowest BCUT2D eigenvalue weighted by atomic mass is 9.81. The Hall–Kier alpha value is -3.88. The van der Waals surface area contributed by atoms with Crippen molar-refractivity contribution >= 4 is 39.8 Å². The monoisotopic (exact) mass is 768 g/mol. The molecule has 0 saturated carbocycles. The molecular weight excluding hydrogens is 713 g/mol. The molecule has 3 aromatic heterocycles. The van der Waals surface area contributed by atoms with Crippen molar-refractivity contribution in [3.05, 3.63) is 51.6 Å². The van der Waals surface area contributed by atoms with Crippen LogP contribution in [0.15, 0.2) is 29.8 Å². The molecule has 0 spiro atoms. The molecule has 3 N–H and O–H groups in total. The number of pyridine rings is 1. The fourth-order valence-corrected chi connectivity index (χ4v) is 9.79. The number of hydrazine groups is 1. The van der Waals surface area contributed by atoms with Gasteiger partial charge < -0.3 is 29.6 Å². The second kappa shape index (κ2) is 14.6. The number of benzene rings is 1. The standard InChI is InChI=1S/C42H56N8O4S/c1-25(53-7)36-30(17-28(21-44-36)48-13-11-47(6)12-14-48)38-31-20-42(4,5)24-54-40(52)33-9-8-10-50(46-33)39(51)32(43)18-35-45-34(22-55-35)26-15-27-19-41(2,3)23-49(38)37(27)29(31)16-26/h15-17,21-22,25,32-33,46H,8-14,18-20,23-24,43H2,1-7H3/t25-,32-,33-/m0/s1. The number of hydrogen-bond acceptors (Lipinski definition) is 11. The van der Waals surface area contributed by atoms with Crippen LogP contribution in [-0.4, -0.2) is 102 Å². The number of methoxy groups -OCH3 is 1. The molecule has 0 unspecified atom stereocenters. The summed E-state index contributed by atoms with van der Waals surface area (Å²) in [6.07, 6.45) is 4.94. The molecule has 294 valence electrons. The lowest BCUT2D eigenvalue weighted by Crippen LogP contribution is -2.59. The molecule has 4 aliphatic rings. The molecule has 55 heavy (non-hydrogen) atoms. The number of rotatable bonds is 4. The Bertz CT molecular complexity index is 2120. The number of esters is 1. The van der Waals surface area contributed by atoms with Crippen LogP contribution < -0.4 is 16.1 Å². The van der Waals surface area contributed by atoms with Crippen molar-refractivity contribution in [2.75, 3.05) is 58.4 Å². The molecule has 1 aromatic carbocycles. The third kappa shape index (κ3) is 7.41. The van der Waals surface area contributed by atoms with E-state index in [1.807, 2.05) is 6.20 Å². The number of carbonyl (C=O) groups is 2. The first-order valence-corrected chi connectivity index (χ1v) is 20.7. The fourth-order valence-electron chi connectivity index (χ4n) is 8.92. The van der Waals surface area contributed by atoms with Gasteiger partial charge in [0.1, 0.15) is 6.04 Å². The number of carbonyl (C=O) groups excluding carboxylic acids is 2. The zero-order valence-corrected chi connectivity index (χ0v) is 34.2. The van der Waals surface area contributed by atoms with Crippen molar-refractivity contribution in [3.8, 4) is 22.5 Å². The van der Waals surface area contributed by atoms with Gasteiger partial charge >= 0.3 is 5.97 Å². The van der Waals surface area contributed by atoms with Crippen LogP contribution in [0.25, 0.3) is 33.4 Å². The number of nitrogens with one attached hydrogen (secondary N) is 1. The van der Waals surface area contributed by atoms with Gasteiger partial charge in [-0.05, 0) is 74.4 Å². The summed E-state index contributed by atoms with van der Waals surface area (Å²) in [5.41, 5.74) is 19.1. The Morgan fingerprint density at radius 2 is 1.84 bits per heavy atom. The Labute approximate surface area is 328 Å². The molecule has 0 aliphatic carbocycles. The number of amides is 1. The summed E-state index contributed by atoms with van der Waals surface area (Å²) in [7, 11) is 3.93. The topological polar surface area (TPSA) is 131 Å². The average molecular weight is 769 g/mol. The minimum Gasteiger partial charge on any atom is -0.464 e.